The van der Waals surface area contributed by atoms with Gasteiger partial charge >= 0.3 is 0 Å². The van der Waals surface area contributed by atoms with Crippen molar-refractivity contribution in [3.8, 4) is 0 Å². The number of fused-ring (bicyclic) bond motifs is 2. The van der Waals surface area contributed by atoms with E-state index in [1.807, 2.05) is 17.9 Å². The van der Waals surface area contributed by atoms with Gasteiger partial charge in [0.2, 0.25) is 5.91 Å². The lowest BCUT2D eigenvalue weighted by Crippen LogP contribution is -2.53. The van der Waals surface area contributed by atoms with Crippen LogP contribution in [-0.2, 0) is 11.8 Å². The van der Waals surface area contributed by atoms with E-state index in [1.54, 1.807) is 0 Å². The lowest BCUT2D eigenvalue weighted by molar-refractivity contribution is -0.131. The van der Waals surface area contributed by atoms with Gasteiger partial charge in [-0.15, -0.1) is 0 Å². The summed E-state index contributed by atoms with van der Waals surface area (Å²) >= 11 is 0. The number of aryl methyl sites for hydroxylation is 1. The Morgan fingerprint density at radius 3 is 2.35 bits per heavy atom. The van der Waals surface area contributed by atoms with E-state index in [0.29, 0.717) is 17.9 Å². The van der Waals surface area contributed by atoms with E-state index in [9.17, 15) is 4.79 Å². The lowest BCUT2D eigenvalue weighted by atomic mass is 9.72. The fourth-order valence-electron chi connectivity index (χ4n) is 6.25. The Bertz CT molecular complexity index is 651. The summed E-state index contributed by atoms with van der Waals surface area (Å²) in [5, 5.41) is 7.94. The normalized spacial score (nSPS) is 38.5. The second kappa shape index (κ2) is 6.66. The van der Waals surface area contributed by atoms with Crippen molar-refractivity contribution in [3.05, 3.63) is 18.0 Å². The number of carbonyl (C=O) groups is 1. The van der Waals surface area contributed by atoms with Gasteiger partial charge in [0.1, 0.15) is 0 Å². The maximum Gasteiger partial charge on any atom is 0.224 e. The fraction of sp³-hybridized carbons (Fsp3) is 0.810. The standard InChI is InChI=1S/C21H34N4O/c1-14-6-5-7-15(2)18(14)20(26)23-19(16-12-22-24(3)13-16)21-10-8-17(9-11-21)25(21)4/h12-15,17-19H,5-11H2,1-4H3,(H,23,26). The molecule has 0 radical (unpaired) electrons. The number of hydrogen-bond acceptors (Lipinski definition) is 3. The molecule has 0 aromatic carbocycles. The molecular weight excluding hydrogens is 324 g/mol. The molecule has 2 bridgehead atoms. The third-order valence-electron chi connectivity index (χ3n) is 7.80. The van der Waals surface area contributed by atoms with Crippen molar-refractivity contribution < 1.29 is 4.79 Å². The Hall–Kier alpha value is -1.36. The summed E-state index contributed by atoms with van der Waals surface area (Å²) in [5.74, 6) is 1.35. The van der Waals surface area contributed by atoms with Crippen molar-refractivity contribution in [2.24, 2.45) is 24.8 Å². The van der Waals surface area contributed by atoms with Crippen LogP contribution in [0.1, 0.15) is 70.4 Å². The molecule has 3 aliphatic rings. The predicted molar refractivity (Wildman–Crippen MR) is 103 cm³/mol. The molecule has 5 heteroatoms. The van der Waals surface area contributed by atoms with Crippen molar-refractivity contribution in [3.63, 3.8) is 0 Å². The number of amides is 1. The quantitative estimate of drug-likeness (QED) is 0.899. The van der Waals surface area contributed by atoms with Gasteiger partial charge in [-0.1, -0.05) is 20.3 Å². The first-order valence-electron chi connectivity index (χ1n) is 10.4. The Balaban J connectivity index is 1.63. The molecule has 1 amide bonds. The van der Waals surface area contributed by atoms with E-state index in [0.717, 1.165) is 5.56 Å². The monoisotopic (exact) mass is 358 g/mol. The summed E-state index contributed by atoms with van der Waals surface area (Å²) in [6.45, 7) is 4.51. The van der Waals surface area contributed by atoms with Gasteiger partial charge in [0.05, 0.1) is 12.2 Å². The van der Waals surface area contributed by atoms with E-state index >= 15 is 0 Å². The number of nitrogens with one attached hydrogen (secondary N) is 1. The summed E-state index contributed by atoms with van der Waals surface area (Å²) in [4.78, 5) is 15.9. The molecule has 3 heterocycles. The van der Waals surface area contributed by atoms with Crippen LogP contribution in [0.5, 0.6) is 0 Å². The molecule has 26 heavy (non-hydrogen) atoms. The van der Waals surface area contributed by atoms with Crippen LogP contribution >= 0.6 is 0 Å². The number of hydrogen-bond donors (Lipinski definition) is 1. The second-order valence-corrected chi connectivity index (χ2v) is 9.25. The molecule has 3 atom stereocenters. The molecule has 1 aromatic heterocycles. The third kappa shape index (κ3) is 2.79. The van der Waals surface area contributed by atoms with Crippen LogP contribution in [0.25, 0.3) is 0 Å². The van der Waals surface area contributed by atoms with Crippen LogP contribution < -0.4 is 5.32 Å². The zero-order chi connectivity index (χ0) is 18.5. The zero-order valence-corrected chi connectivity index (χ0v) is 16.7. The largest absolute Gasteiger partial charge is 0.347 e. The molecular formula is C21H34N4O. The number of carbonyl (C=O) groups excluding carboxylic acids is 1. The van der Waals surface area contributed by atoms with Crippen molar-refractivity contribution in [1.29, 1.82) is 0 Å². The Labute approximate surface area is 157 Å². The molecule has 3 fully saturated rings. The topological polar surface area (TPSA) is 50.2 Å². The third-order valence-corrected chi connectivity index (χ3v) is 7.80. The van der Waals surface area contributed by atoms with Gasteiger partial charge in [0.25, 0.3) is 0 Å². The van der Waals surface area contributed by atoms with Crippen LogP contribution in [0, 0.1) is 17.8 Å². The molecule has 2 aliphatic heterocycles. The van der Waals surface area contributed by atoms with E-state index < -0.39 is 0 Å². The highest BCUT2D eigenvalue weighted by atomic mass is 16.2. The minimum Gasteiger partial charge on any atom is -0.347 e. The van der Waals surface area contributed by atoms with Crippen LogP contribution in [-0.4, -0.2) is 39.2 Å². The summed E-state index contributed by atoms with van der Waals surface area (Å²) in [7, 11) is 4.22. The molecule has 144 valence electrons. The number of rotatable bonds is 4. The van der Waals surface area contributed by atoms with Crippen LogP contribution in [0.15, 0.2) is 12.4 Å². The highest BCUT2D eigenvalue weighted by Crippen LogP contribution is 2.52. The summed E-state index contributed by atoms with van der Waals surface area (Å²) in [6, 6.07) is 0.723. The first kappa shape index (κ1) is 18.0. The van der Waals surface area contributed by atoms with Crippen molar-refractivity contribution >= 4 is 5.91 Å². The molecule has 1 saturated carbocycles. The summed E-state index contributed by atoms with van der Waals surface area (Å²) in [5.41, 5.74) is 1.22. The molecule has 4 rings (SSSR count). The fourth-order valence-corrected chi connectivity index (χ4v) is 6.25. The Morgan fingerprint density at radius 1 is 1.19 bits per heavy atom. The SMILES string of the molecule is CC1CCCC(C)C1C(=O)NC(c1cnn(C)c1)C12CCC(CC1)N2C. The van der Waals surface area contributed by atoms with Gasteiger partial charge in [-0.2, -0.15) is 5.10 Å². The molecule has 0 spiro atoms. The number of aromatic nitrogens is 2. The van der Waals surface area contributed by atoms with Crippen LogP contribution in [0.4, 0.5) is 0 Å². The van der Waals surface area contributed by atoms with Crippen molar-refractivity contribution in [1.82, 2.24) is 20.0 Å². The summed E-state index contributed by atoms with van der Waals surface area (Å²) in [6.07, 6.45) is 12.5. The Kier molecular flexibility index (Phi) is 4.62. The molecule has 1 aromatic rings. The maximum absolute atomic E-state index is 13.4. The molecule has 2 saturated heterocycles. The van der Waals surface area contributed by atoms with Gasteiger partial charge in [0, 0.05) is 36.3 Å². The lowest BCUT2D eigenvalue weighted by Gasteiger charge is -2.42. The first-order chi connectivity index (χ1) is 12.4. The maximum atomic E-state index is 13.4. The number of nitrogens with zero attached hydrogens (tertiary/aromatic N) is 3. The minimum atomic E-state index is 0.0440. The van der Waals surface area contributed by atoms with Gasteiger partial charge in [-0.05, 0) is 57.4 Å². The van der Waals surface area contributed by atoms with Gasteiger partial charge in [-0.3, -0.25) is 14.4 Å². The zero-order valence-electron chi connectivity index (χ0n) is 16.7. The van der Waals surface area contributed by atoms with Gasteiger partial charge < -0.3 is 5.32 Å². The second-order valence-electron chi connectivity index (χ2n) is 9.25. The predicted octanol–water partition coefficient (Wildman–Crippen LogP) is 3.28. The minimum absolute atomic E-state index is 0.0440. The Morgan fingerprint density at radius 2 is 1.85 bits per heavy atom. The average molecular weight is 359 g/mol. The van der Waals surface area contributed by atoms with Crippen molar-refractivity contribution in [2.45, 2.75) is 76.4 Å². The molecule has 1 aliphatic carbocycles. The molecule has 1 N–H and O–H groups in total. The van der Waals surface area contributed by atoms with E-state index in [-0.39, 0.29) is 23.4 Å². The number of likely N-dealkylation sites (N-methyl/N-ethyl adjacent to an activating group) is 1. The van der Waals surface area contributed by atoms with Gasteiger partial charge in [0.15, 0.2) is 0 Å². The van der Waals surface area contributed by atoms with Crippen molar-refractivity contribution in [2.75, 3.05) is 7.05 Å². The first-order valence-corrected chi connectivity index (χ1v) is 10.4. The summed E-state index contributed by atoms with van der Waals surface area (Å²) < 4.78 is 1.86. The van der Waals surface area contributed by atoms with Gasteiger partial charge in [-0.25, -0.2) is 0 Å². The highest BCUT2D eigenvalue weighted by molar-refractivity contribution is 5.80. The van der Waals surface area contributed by atoms with E-state index in [4.69, 9.17) is 0 Å². The average Bonchev–Trinajstić information content (AvgIpc) is 3.26. The van der Waals surface area contributed by atoms with Crippen LogP contribution in [0.2, 0.25) is 0 Å². The molecule has 3 unspecified atom stereocenters. The van der Waals surface area contributed by atoms with Crippen LogP contribution in [0.3, 0.4) is 0 Å². The molecule has 5 nitrogen and oxygen atoms in total. The smallest absolute Gasteiger partial charge is 0.224 e. The van der Waals surface area contributed by atoms with E-state index in [2.05, 4.69) is 42.4 Å². The highest BCUT2D eigenvalue weighted by Gasteiger charge is 2.55. The van der Waals surface area contributed by atoms with E-state index in [1.165, 1.54) is 44.9 Å².